The molecule has 0 radical (unpaired) electrons. The molecular weight excluding hydrogens is 586 g/mol. The van der Waals surface area contributed by atoms with Crippen LogP contribution in [-0.4, -0.2) is 63.2 Å². The molecule has 2 heterocycles. The van der Waals surface area contributed by atoms with Crippen LogP contribution in [0.25, 0.3) is 0 Å². The van der Waals surface area contributed by atoms with Crippen molar-refractivity contribution < 1.29 is 34.1 Å². The number of anilines is 1. The van der Waals surface area contributed by atoms with Gasteiger partial charge in [0.05, 0.1) is 31.3 Å². The molecule has 4 N–H and O–H groups in total. The maximum atomic E-state index is 13.7. The summed E-state index contributed by atoms with van der Waals surface area (Å²) < 4.78 is 13.2. The van der Waals surface area contributed by atoms with Crippen molar-refractivity contribution in [1.29, 1.82) is 0 Å². The van der Waals surface area contributed by atoms with E-state index in [0.29, 0.717) is 30.6 Å². The Kier molecular flexibility index (Phi) is 11.1. The Balaban J connectivity index is 1.38. The zero-order valence-corrected chi connectivity index (χ0v) is 27.2. The number of benzene rings is 2. The minimum absolute atomic E-state index is 0.0328. The highest BCUT2D eigenvalue weighted by Gasteiger charge is 2.44. The molecule has 3 aliphatic rings. The molecular formula is C36H49N3O7. The van der Waals surface area contributed by atoms with Crippen LogP contribution >= 0.6 is 0 Å². The van der Waals surface area contributed by atoms with Crippen molar-refractivity contribution in [3.63, 3.8) is 0 Å². The number of likely N-dealkylation sites (tertiary alicyclic amines) is 1. The van der Waals surface area contributed by atoms with Gasteiger partial charge in [0.2, 0.25) is 11.8 Å². The number of aliphatic hydroxyl groups excluding tert-OH is 1. The molecule has 0 bridgehead atoms. The van der Waals surface area contributed by atoms with E-state index in [9.17, 15) is 19.5 Å². The molecule has 2 aromatic carbocycles. The van der Waals surface area contributed by atoms with Crippen LogP contribution in [0.4, 0.5) is 5.69 Å². The number of hydrogen-bond acceptors (Lipinski definition) is 7. The Hall–Kier alpha value is -3.31. The summed E-state index contributed by atoms with van der Waals surface area (Å²) in [5.41, 5.74) is 2.86. The minimum atomic E-state index is -1.02. The largest absolute Gasteiger partial charge is 0.481 e. The number of ether oxygens (including phenoxy) is 2. The number of rotatable bonds is 10. The fraction of sp³-hybridized carbons (Fsp3) is 0.583. The van der Waals surface area contributed by atoms with Gasteiger partial charge >= 0.3 is 5.97 Å². The van der Waals surface area contributed by atoms with Gasteiger partial charge in [-0.15, -0.1) is 0 Å². The zero-order valence-electron chi connectivity index (χ0n) is 27.2. The van der Waals surface area contributed by atoms with Crippen LogP contribution in [-0.2, 0) is 30.5 Å². The van der Waals surface area contributed by atoms with E-state index in [-0.39, 0.29) is 55.1 Å². The van der Waals surface area contributed by atoms with Crippen molar-refractivity contribution in [3.8, 4) is 0 Å². The van der Waals surface area contributed by atoms with E-state index in [4.69, 9.17) is 14.6 Å². The molecule has 10 nitrogen and oxygen atoms in total. The maximum Gasteiger partial charge on any atom is 0.303 e. The van der Waals surface area contributed by atoms with Crippen LogP contribution < -0.4 is 10.6 Å². The van der Waals surface area contributed by atoms with Crippen LogP contribution in [0.3, 0.4) is 0 Å². The van der Waals surface area contributed by atoms with Gasteiger partial charge < -0.3 is 30.3 Å². The molecule has 2 aliphatic heterocycles. The Morgan fingerprint density at radius 1 is 0.891 bits per heavy atom. The predicted molar refractivity (Wildman–Crippen MR) is 174 cm³/mol. The van der Waals surface area contributed by atoms with Crippen molar-refractivity contribution in [2.75, 3.05) is 11.9 Å². The summed E-state index contributed by atoms with van der Waals surface area (Å²) in [5, 5.41) is 24.4. The smallest absolute Gasteiger partial charge is 0.303 e. The van der Waals surface area contributed by atoms with Gasteiger partial charge in [0, 0.05) is 42.2 Å². The van der Waals surface area contributed by atoms with Gasteiger partial charge in [-0.2, -0.15) is 0 Å². The zero-order chi connectivity index (χ0) is 32.8. The fourth-order valence-corrected chi connectivity index (χ4v) is 7.16. The summed E-state index contributed by atoms with van der Waals surface area (Å²) in [5.74, 6) is -0.711. The minimum Gasteiger partial charge on any atom is -0.481 e. The van der Waals surface area contributed by atoms with Gasteiger partial charge in [-0.25, -0.2) is 0 Å². The lowest BCUT2D eigenvalue weighted by atomic mass is 9.75. The van der Waals surface area contributed by atoms with E-state index in [1.807, 2.05) is 57.2 Å². The number of aliphatic hydroxyl groups is 1. The Labute approximate surface area is 271 Å². The van der Waals surface area contributed by atoms with Crippen LogP contribution in [0.15, 0.2) is 48.5 Å². The normalized spacial score (nSPS) is 27.0. The molecule has 0 spiro atoms. The first-order chi connectivity index (χ1) is 22.0. The molecule has 46 heavy (non-hydrogen) atoms. The summed E-state index contributed by atoms with van der Waals surface area (Å²) in [7, 11) is 0. The highest BCUT2D eigenvalue weighted by molar-refractivity contribution is 5.92. The van der Waals surface area contributed by atoms with Crippen molar-refractivity contribution >= 4 is 23.5 Å². The maximum absolute atomic E-state index is 13.7. The molecule has 6 atom stereocenters. The van der Waals surface area contributed by atoms with Crippen molar-refractivity contribution in [3.05, 3.63) is 65.2 Å². The molecule has 2 amide bonds. The van der Waals surface area contributed by atoms with Crippen LogP contribution in [0.1, 0.15) is 108 Å². The summed E-state index contributed by atoms with van der Waals surface area (Å²) in [6, 6.07) is 15.1. The van der Waals surface area contributed by atoms with Crippen molar-refractivity contribution in [1.82, 2.24) is 10.2 Å². The average molecular weight is 636 g/mol. The Bertz CT molecular complexity index is 1340. The lowest BCUT2D eigenvalue weighted by molar-refractivity contribution is -0.255. The number of amides is 2. The van der Waals surface area contributed by atoms with Gasteiger partial charge in [-0.05, 0) is 75.6 Å². The molecule has 5 rings (SSSR count). The highest BCUT2D eigenvalue weighted by atomic mass is 16.7. The molecule has 2 saturated heterocycles. The SMILES string of the molecule is CC(C)(C)NC(=O)[C@H]1CC[C@H]2CCCC[C@H]2N1C[C@H]1C[C@@H](c2ccc(CO)cc2)O[C@@H](c2ccc(NC(=O)CCC(=O)O)cc2)O1. The van der Waals surface area contributed by atoms with Crippen LogP contribution in [0, 0.1) is 5.92 Å². The van der Waals surface area contributed by atoms with E-state index in [1.54, 1.807) is 12.1 Å². The second-order valence-corrected chi connectivity index (χ2v) is 14.1. The molecule has 0 aromatic heterocycles. The number of carboxylic acid groups (broad SMARTS) is 1. The second-order valence-electron chi connectivity index (χ2n) is 14.1. The number of hydrogen-bond donors (Lipinski definition) is 4. The summed E-state index contributed by atoms with van der Waals surface area (Å²) in [6.45, 7) is 6.65. The quantitative estimate of drug-likeness (QED) is 0.270. The van der Waals surface area contributed by atoms with Gasteiger partial charge in [-0.1, -0.05) is 49.2 Å². The Morgan fingerprint density at radius 3 is 2.26 bits per heavy atom. The average Bonchev–Trinajstić information content (AvgIpc) is 3.03. The lowest BCUT2D eigenvalue weighted by Gasteiger charge is -2.50. The third kappa shape index (κ3) is 8.94. The number of nitrogens with one attached hydrogen (secondary N) is 2. The molecule has 1 saturated carbocycles. The molecule has 2 aromatic rings. The predicted octanol–water partition coefficient (Wildman–Crippen LogP) is 5.47. The number of carbonyl (C=O) groups excluding carboxylic acids is 2. The van der Waals surface area contributed by atoms with E-state index in [1.165, 1.54) is 19.3 Å². The summed E-state index contributed by atoms with van der Waals surface area (Å²) in [4.78, 5) is 39.1. The third-order valence-corrected chi connectivity index (χ3v) is 9.37. The van der Waals surface area contributed by atoms with Gasteiger partial charge in [0.15, 0.2) is 6.29 Å². The molecule has 0 unspecified atom stereocenters. The third-order valence-electron chi connectivity index (χ3n) is 9.37. The monoisotopic (exact) mass is 635 g/mol. The second kappa shape index (κ2) is 15.1. The molecule has 1 aliphatic carbocycles. The van der Waals surface area contributed by atoms with Crippen LogP contribution in [0.2, 0.25) is 0 Å². The molecule has 250 valence electrons. The summed E-state index contributed by atoms with van der Waals surface area (Å²) in [6.07, 6.45) is 5.75. The number of nitrogens with zero attached hydrogens (tertiary/aromatic N) is 1. The number of carbonyl (C=O) groups is 3. The number of aliphatic carboxylic acids is 1. The topological polar surface area (TPSA) is 137 Å². The first-order valence-corrected chi connectivity index (χ1v) is 16.7. The number of fused-ring (bicyclic) bond motifs is 1. The van der Waals surface area contributed by atoms with Gasteiger partial charge in [-0.3, -0.25) is 19.3 Å². The van der Waals surface area contributed by atoms with Crippen LogP contribution in [0.5, 0.6) is 0 Å². The first kappa shape index (κ1) is 34.0. The van der Waals surface area contributed by atoms with E-state index >= 15 is 0 Å². The number of carboxylic acids is 1. The molecule has 3 fully saturated rings. The first-order valence-electron chi connectivity index (χ1n) is 16.7. The fourth-order valence-electron chi connectivity index (χ4n) is 7.16. The van der Waals surface area contributed by atoms with Crippen molar-refractivity contribution in [2.45, 2.75) is 121 Å². The Morgan fingerprint density at radius 2 is 1.59 bits per heavy atom. The van der Waals surface area contributed by atoms with E-state index < -0.39 is 12.3 Å². The summed E-state index contributed by atoms with van der Waals surface area (Å²) >= 11 is 0. The van der Waals surface area contributed by atoms with E-state index in [0.717, 1.165) is 36.0 Å². The van der Waals surface area contributed by atoms with Crippen molar-refractivity contribution in [2.24, 2.45) is 5.92 Å². The number of piperidine rings is 1. The van der Waals surface area contributed by atoms with E-state index in [2.05, 4.69) is 15.5 Å². The highest BCUT2D eigenvalue weighted by Crippen LogP contribution is 2.42. The standard InChI is InChI=1S/C36H49N3O7/c1-36(2,3)38-34(44)30-17-14-24-6-4-5-7-29(24)39(30)21-28-20-31(25-10-8-23(22-40)9-11-25)46-35(45-28)26-12-15-27(16-13-26)37-32(41)18-19-33(42)43/h8-13,15-16,24,28-31,35,40H,4-7,14,17-22H2,1-3H3,(H,37,41)(H,38,44)(H,42,43)/t24-,28-,29-,30-,31+,35+/m1/s1. The van der Waals surface area contributed by atoms with Gasteiger partial charge in [0.25, 0.3) is 0 Å². The lowest BCUT2D eigenvalue weighted by Crippen LogP contribution is -2.61. The van der Waals surface area contributed by atoms with Gasteiger partial charge in [0.1, 0.15) is 0 Å². The molecule has 10 heteroatoms.